The van der Waals surface area contributed by atoms with Gasteiger partial charge in [-0.05, 0) is 38.1 Å². The van der Waals surface area contributed by atoms with Gasteiger partial charge in [0.1, 0.15) is 0 Å². The molecule has 3 N–H and O–H groups in total. The van der Waals surface area contributed by atoms with Crippen LogP contribution in [0.4, 0.5) is 0 Å². The maximum absolute atomic E-state index is 12.0. The molecule has 0 atom stereocenters. The van der Waals surface area contributed by atoms with E-state index in [4.69, 9.17) is 0 Å². The summed E-state index contributed by atoms with van der Waals surface area (Å²) < 4.78 is 0. The Morgan fingerprint density at radius 2 is 1.88 bits per heavy atom. The molecule has 0 bridgehead atoms. The normalized spacial score (nSPS) is 16.0. The monoisotopic (exact) mass is 351 g/mol. The summed E-state index contributed by atoms with van der Waals surface area (Å²) >= 11 is 1.72. The van der Waals surface area contributed by atoms with Crippen molar-refractivity contribution in [3.8, 4) is 0 Å². The summed E-state index contributed by atoms with van der Waals surface area (Å²) in [6, 6.07) is 4.04. The van der Waals surface area contributed by atoms with Gasteiger partial charge in [-0.15, -0.1) is 11.3 Å². The molecule has 132 valence electrons. The van der Waals surface area contributed by atoms with Gasteiger partial charge in [0, 0.05) is 22.9 Å². The molecule has 3 amide bonds. The van der Waals surface area contributed by atoms with Crippen molar-refractivity contribution in [2.45, 2.75) is 51.0 Å². The second kappa shape index (κ2) is 8.28. The molecule has 7 heteroatoms. The third-order valence-corrected chi connectivity index (χ3v) is 5.38. The lowest BCUT2D eigenvalue weighted by molar-refractivity contribution is -0.140. The molecular formula is C17H25N3O3S. The molecule has 1 aromatic rings. The van der Waals surface area contributed by atoms with Crippen LogP contribution in [0.25, 0.3) is 0 Å². The van der Waals surface area contributed by atoms with Crippen molar-refractivity contribution in [3.05, 3.63) is 22.4 Å². The Kier molecular flexibility index (Phi) is 6.36. The van der Waals surface area contributed by atoms with Gasteiger partial charge in [0.15, 0.2) is 0 Å². The predicted octanol–water partition coefficient (Wildman–Crippen LogP) is 1.32. The number of hydrogen-bond donors (Lipinski definition) is 3. The molecule has 1 saturated carbocycles. The van der Waals surface area contributed by atoms with Crippen molar-refractivity contribution < 1.29 is 14.4 Å². The van der Waals surface area contributed by atoms with Crippen LogP contribution in [0.5, 0.6) is 0 Å². The predicted molar refractivity (Wildman–Crippen MR) is 93.8 cm³/mol. The number of carbonyl (C=O) groups excluding carboxylic acids is 3. The minimum absolute atomic E-state index is 0.0167. The average Bonchev–Trinajstić information content (AvgIpc) is 3.21. The third-order valence-electron chi connectivity index (χ3n) is 4.26. The molecule has 0 saturated heterocycles. The first kappa shape index (κ1) is 18.4. The van der Waals surface area contributed by atoms with Gasteiger partial charge in [-0.25, -0.2) is 0 Å². The number of amides is 3. The lowest BCUT2D eigenvalue weighted by Gasteiger charge is -2.28. The van der Waals surface area contributed by atoms with E-state index < -0.39 is 11.8 Å². The van der Waals surface area contributed by atoms with Crippen LogP contribution in [0.15, 0.2) is 17.5 Å². The Labute approximate surface area is 146 Å². The molecule has 0 unspecified atom stereocenters. The standard InChI is InChI=1S/C17H25N3O3S/c1-12(2)20-16(23)15(22)18-10-14(21)19-11-17(7-3-4-8-17)13-6-5-9-24-13/h5-6,9,12H,3-4,7-8,10-11H2,1-2H3,(H,18,22)(H,19,21)(H,20,23). The van der Waals surface area contributed by atoms with Crippen LogP contribution in [0, 0.1) is 0 Å². The van der Waals surface area contributed by atoms with E-state index in [2.05, 4.69) is 27.4 Å². The molecule has 1 fully saturated rings. The molecule has 1 heterocycles. The van der Waals surface area contributed by atoms with Crippen LogP contribution < -0.4 is 16.0 Å². The molecule has 6 nitrogen and oxygen atoms in total. The Hall–Kier alpha value is -1.89. The van der Waals surface area contributed by atoms with Gasteiger partial charge in [-0.2, -0.15) is 0 Å². The van der Waals surface area contributed by atoms with Gasteiger partial charge in [0.2, 0.25) is 5.91 Å². The first-order chi connectivity index (χ1) is 11.4. The van der Waals surface area contributed by atoms with E-state index in [0.29, 0.717) is 6.54 Å². The minimum Gasteiger partial charge on any atom is -0.354 e. The van der Waals surface area contributed by atoms with E-state index in [-0.39, 0.29) is 23.9 Å². The highest BCUT2D eigenvalue weighted by Gasteiger charge is 2.36. The highest BCUT2D eigenvalue weighted by Crippen LogP contribution is 2.42. The largest absolute Gasteiger partial charge is 0.354 e. The zero-order chi connectivity index (χ0) is 17.6. The highest BCUT2D eigenvalue weighted by molar-refractivity contribution is 7.10. The third kappa shape index (κ3) is 4.80. The number of thiophene rings is 1. The summed E-state index contributed by atoms with van der Waals surface area (Å²) in [5.74, 6) is -1.78. The average molecular weight is 351 g/mol. The summed E-state index contributed by atoms with van der Waals surface area (Å²) in [4.78, 5) is 36.4. The Balaban J connectivity index is 1.80. The molecule has 0 radical (unpaired) electrons. The van der Waals surface area contributed by atoms with Gasteiger partial charge in [0.25, 0.3) is 0 Å². The van der Waals surface area contributed by atoms with Crippen molar-refractivity contribution in [2.24, 2.45) is 0 Å². The van der Waals surface area contributed by atoms with Crippen LogP contribution in [0.1, 0.15) is 44.4 Å². The first-order valence-electron chi connectivity index (χ1n) is 8.32. The zero-order valence-corrected chi connectivity index (χ0v) is 15.0. The SMILES string of the molecule is CC(C)NC(=O)C(=O)NCC(=O)NCC1(c2cccs2)CCCC1. The van der Waals surface area contributed by atoms with Crippen LogP contribution in [0.2, 0.25) is 0 Å². The van der Waals surface area contributed by atoms with Crippen molar-refractivity contribution >= 4 is 29.1 Å². The molecule has 0 aromatic carbocycles. The van der Waals surface area contributed by atoms with Gasteiger partial charge >= 0.3 is 11.8 Å². The van der Waals surface area contributed by atoms with Crippen molar-refractivity contribution in [3.63, 3.8) is 0 Å². The quantitative estimate of drug-likeness (QED) is 0.676. The summed E-state index contributed by atoms with van der Waals surface area (Å²) in [5.41, 5.74) is 0.0167. The van der Waals surface area contributed by atoms with Crippen LogP contribution in [-0.4, -0.2) is 36.9 Å². The lowest BCUT2D eigenvalue weighted by Crippen LogP contribution is -2.47. The molecule has 1 aliphatic rings. The molecule has 0 spiro atoms. The second-order valence-electron chi connectivity index (χ2n) is 6.55. The number of hydrogen-bond acceptors (Lipinski definition) is 4. The molecule has 2 rings (SSSR count). The Morgan fingerprint density at radius 1 is 1.17 bits per heavy atom. The Morgan fingerprint density at radius 3 is 2.46 bits per heavy atom. The number of rotatable bonds is 6. The van der Waals surface area contributed by atoms with Crippen molar-refractivity contribution in [1.29, 1.82) is 0 Å². The summed E-state index contributed by atoms with van der Waals surface area (Å²) in [7, 11) is 0. The van der Waals surface area contributed by atoms with E-state index in [1.54, 1.807) is 25.2 Å². The molecular weight excluding hydrogens is 326 g/mol. The van der Waals surface area contributed by atoms with Crippen molar-refractivity contribution in [1.82, 2.24) is 16.0 Å². The fraction of sp³-hybridized carbons (Fsp3) is 0.588. The number of carbonyl (C=O) groups is 3. The molecule has 1 aromatic heterocycles. The molecule has 1 aliphatic carbocycles. The maximum atomic E-state index is 12.0. The van der Waals surface area contributed by atoms with Gasteiger partial charge in [0.05, 0.1) is 6.54 Å². The first-order valence-corrected chi connectivity index (χ1v) is 9.20. The second-order valence-corrected chi connectivity index (χ2v) is 7.50. The smallest absolute Gasteiger partial charge is 0.309 e. The van der Waals surface area contributed by atoms with Crippen LogP contribution in [-0.2, 0) is 19.8 Å². The van der Waals surface area contributed by atoms with E-state index in [1.165, 1.54) is 17.7 Å². The minimum atomic E-state index is -0.785. The van der Waals surface area contributed by atoms with Crippen LogP contribution in [0.3, 0.4) is 0 Å². The fourth-order valence-corrected chi connectivity index (χ4v) is 4.03. The van der Waals surface area contributed by atoms with E-state index in [1.807, 2.05) is 6.07 Å². The molecule has 24 heavy (non-hydrogen) atoms. The summed E-state index contributed by atoms with van der Waals surface area (Å²) in [5, 5.41) is 9.81. The van der Waals surface area contributed by atoms with Gasteiger partial charge in [-0.3, -0.25) is 14.4 Å². The van der Waals surface area contributed by atoms with Gasteiger partial charge < -0.3 is 16.0 Å². The lowest BCUT2D eigenvalue weighted by atomic mass is 9.84. The van der Waals surface area contributed by atoms with Crippen molar-refractivity contribution in [2.75, 3.05) is 13.1 Å². The topological polar surface area (TPSA) is 87.3 Å². The zero-order valence-electron chi connectivity index (χ0n) is 14.2. The Bertz CT molecular complexity index is 578. The fourth-order valence-electron chi connectivity index (χ4n) is 3.04. The summed E-state index contributed by atoms with van der Waals surface area (Å²) in [6.45, 7) is 3.91. The maximum Gasteiger partial charge on any atom is 0.309 e. The van der Waals surface area contributed by atoms with E-state index in [9.17, 15) is 14.4 Å². The van der Waals surface area contributed by atoms with E-state index in [0.717, 1.165) is 12.8 Å². The van der Waals surface area contributed by atoms with Crippen LogP contribution >= 0.6 is 11.3 Å². The van der Waals surface area contributed by atoms with E-state index >= 15 is 0 Å². The molecule has 0 aliphatic heterocycles. The summed E-state index contributed by atoms with van der Waals surface area (Å²) in [6.07, 6.45) is 4.47. The highest BCUT2D eigenvalue weighted by atomic mass is 32.1. The van der Waals surface area contributed by atoms with Gasteiger partial charge in [-0.1, -0.05) is 18.9 Å². The number of nitrogens with one attached hydrogen (secondary N) is 3.